The molecule has 0 bridgehead atoms. The number of benzene rings is 2. The van der Waals surface area contributed by atoms with E-state index < -0.39 is 0 Å². The first-order valence-electron chi connectivity index (χ1n) is 6.23. The summed E-state index contributed by atoms with van der Waals surface area (Å²) in [6.45, 7) is -0.484. The van der Waals surface area contributed by atoms with Gasteiger partial charge in [0.15, 0.2) is 25.1 Å². The maximum atomic E-state index is 6.01. The van der Waals surface area contributed by atoms with Gasteiger partial charge in [-0.05, 0) is 12.1 Å². The lowest BCUT2D eigenvalue weighted by molar-refractivity contribution is -0.0535. The van der Waals surface area contributed by atoms with E-state index in [9.17, 15) is 0 Å². The molecule has 0 saturated carbocycles. The Morgan fingerprint density at radius 1 is 0.520 bits per heavy atom. The van der Waals surface area contributed by atoms with E-state index in [0.717, 1.165) is 0 Å². The zero-order valence-corrected chi connectivity index (χ0v) is 17.9. The fourth-order valence-electron chi connectivity index (χ4n) is 1.60. The maximum absolute atomic E-state index is 6.01. The van der Waals surface area contributed by atoms with Gasteiger partial charge < -0.3 is 14.2 Å². The van der Waals surface area contributed by atoms with Gasteiger partial charge in [-0.25, -0.2) is 0 Å². The maximum Gasteiger partial charge on any atom is 0.192 e. The van der Waals surface area contributed by atoms with Gasteiger partial charge in [-0.2, -0.15) is 0 Å². The van der Waals surface area contributed by atoms with Crippen LogP contribution in [-0.4, -0.2) is 13.6 Å². The Labute approximate surface area is 183 Å². The Hall–Kier alpha value is 0.320. The molecule has 0 heterocycles. The second-order valence-electron chi connectivity index (χ2n) is 4.32. The van der Waals surface area contributed by atoms with E-state index in [1.807, 2.05) is 0 Å². The molecule has 0 amide bonds. The minimum absolute atomic E-state index is 0.0688. The molecule has 2 aromatic carbocycles. The molecule has 0 saturated heterocycles. The minimum atomic E-state index is -0.242. The first-order chi connectivity index (χ1) is 11.7. The molecule has 0 radical (unpaired) electrons. The fraction of sp³-hybridized carbons (Fsp3) is 0.143. The van der Waals surface area contributed by atoms with E-state index in [0.29, 0.717) is 0 Å². The van der Waals surface area contributed by atoms with Crippen LogP contribution in [0.25, 0.3) is 0 Å². The van der Waals surface area contributed by atoms with Crippen molar-refractivity contribution in [2.24, 2.45) is 0 Å². The summed E-state index contributed by atoms with van der Waals surface area (Å²) in [5.74, 6) is 0.256. The van der Waals surface area contributed by atoms with Crippen molar-refractivity contribution in [2.75, 3.05) is 13.6 Å². The standard InChI is InChI=1S/C14H6Cl8O3/c15-5-1-7(17)13(11(21)9(5)19)24-3-23-4-25-14-8(18)2-6(16)10(20)12(14)22/h1-2H,3-4H2. The predicted octanol–water partition coefficient (Wildman–Crippen LogP) is 8.30. The average Bonchev–Trinajstić information content (AvgIpc) is 2.55. The van der Waals surface area contributed by atoms with Gasteiger partial charge in [0.25, 0.3) is 0 Å². The molecule has 3 nitrogen and oxygen atoms in total. The molecule has 0 aliphatic carbocycles. The van der Waals surface area contributed by atoms with Crippen LogP contribution in [0.1, 0.15) is 0 Å². The number of hydrogen-bond acceptors (Lipinski definition) is 3. The largest absolute Gasteiger partial charge is 0.464 e. The Balaban J connectivity index is 1.94. The average molecular weight is 506 g/mol. The molecule has 2 aromatic rings. The van der Waals surface area contributed by atoms with Crippen LogP contribution in [-0.2, 0) is 4.74 Å². The van der Waals surface area contributed by atoms with Crippen molar-refractivity contribution < 1.29 is 14.2 Å². The molecule has 0 aliphatic heterocycles. The number of rotatable bonds is 6. The molecule has 0 fully saturated rings. The summed E-state index contributed by atoms with van der Waals surface area (Å²) < 4.78 is 15.8. The normalized spacial score (nSPS) is 10.9. The van der Waals surface area contributed by atoms with E-state index in [1.165, 1.54) is 12.1 Å². The third-order valence-corrected chi connectivity index (χ3v) is 5.77. The van der Waals surface area contributed by atoms with Crippen LogP contribution in [0.2, 0.25) is 40.2 Å². The van der Waals surface area contributed by atoms with Crippen molar-refractivity contribution >= 4 is 92.8 Å². The lowest BCUT2D eigenvalue weighted by Gasteiger charge is -2.14. The molecule has 0 aromatic heterocycles. The zero-order valence-electron chi connectivity index (χ0n) is 11.8. The van der Waals surface area contributed by atoms with Gasteiger partial charge in [0.2, 0.25) is 0 Å². The highest BCUT2D eigenvalue weighted by atomic mass is 35.5. The molecule has 0 spiro atoms. The topological polar surface area (TPSA) is 27.7 Å². The predicted molar refractivity (Wildman–Crippen MR) is 105 cm³/mol. The molecule has 25 heavy (non-hydrogen) atoms. The molecule has 0 atom stereocenters. The van der Waals surface area contributed by atoms with E-state index in [4.69, 9.17) is 107 Å². The number of hydrogen-bond donors (Lipinski definition) is 0. The zero-order chi connectivity index (χ0) is 18.7. The monoisotopic (exact) mass is 502 g/mol. The van der Waals surface area contributed by atoms with E-state index in [-0.39, 0.29) is 65.3 Å². The molecular formula is C14H6Cl8O3. The molecule has 2 rings (SSSR count). The van der Waals surface area contributed by atoms with Gasteiger partial charge >= 0.3 is 0 Å². The van der Waals surface area contributed by atoms with Crippen LogP contribution in [0.5, 0.6) is 11.5 Å². The van der Waals surface area contributed by atoms with Crippen LogP contribution in [0, 0.1) is 0 Å². The van der Waals surface area contributed by atoms with Gasteiger partial charge in [0, 0.05) is 0 Å². The summed E-state index contributed by atoms with van der Waals surface area (Å²) in [4.78, 5) is 0. The highest BCUT2D eigenvalue weighted by molar-refractivity contribution is 6.51. The summed E-state index contributed by atoms with van der Waals surface area (Å²) in [7, 11) is 0. The first kappa shape index (κ1) is 21.6. The molecule has 0 aliphatic rings. The van der Waals surface area contributed by atoms with Crippen LogP contribution in [0.15, 0.2) is 12.1 Å². The van der Waals surface area contributed by atoms with Crippen LogP contribution in [0.3, 0.4) is 0 Å². The minimum Gasteiger partial charge on any atom is -0.464 e. The van der Waals surface area contributed by atoms with Gasteiger partial charge in [-0.3, -0.25) is 0 Å². The lowest BCUT2D eigenvalue weighted by atomic mass is 10.3. The van der Waals surface area contributed by atoms with Gasteiger partial charge in [0.1, 0.15) is 10.0 Å². The van der Waals surface area contributed by atoms with Crippen molar-refractivity contribution in [3.05, 3.63) is 52.3 Å². The Kier molecular flexibility index (Phi) is 8.21. The Morgan fingerprint density at radius 2 is 0.880 bits per heavy atom. The van der Waals surface area contributed by atoms with E-state index >= 15 is 0 Å². The van der Waals surface area contributed by atoms with Gasteiger partial charge in [-0.15, -0.1) is 0 Å². The van der Waals surface area contributed by atoms with E-state index in [2.05, 4.69) is 0 Å². The second kappa shape index (κ2) is 9.50. The molecule has 0 unspecified atom stereocenters. The highest BCUT2D eigenvalue weighted by Gasteiger charge is 2.16. The number of ether oxygens (including phenoxy) is 3. The van der Waals surface area contributed by atoms with Gasteiger partial charge in [0.05, 0.1) is 30.1 Å². The molecular weight excluding hydrogens is 500 g/mol. The van der Waals surface area contributed by atoms with Crippen LogP contribution in [0.4, 0.5) is 0 Å². The van der Waals surface area contributed by atoms with Crippen molar-refractivity contribution in [1.29, 1.82) is 0 Å². The van der Waals surface area contributed by atoms with Crippen molar-refractivity contribution in [1.82, 2.24) is 0 Å². The highest BCUT2D eigenvalue weighted by Crippen LogP contribution is 2.43. The summed E-state index contributed by atoms with van der Waals surface area (Å²) in [6, 6.07) is 2.80. The van der Waals surface area contributed by atoms with Crippen molar-refractivity contribution in [3.63, 3.8) is 0 Å². The lowest BCUT2D eigenvalue weighted by Crippen LogP contribution is -2.09. The quantitative estimate of drug-likeness (QED) is 0.171. The summed E-state index contributed by atoms with van der Waals surface area (Å²) >= 11 is 47.5. The Bertz CT molecular complexity index is 731. The summed E-state index contributed by atoms with van der Waals surface area (Å²) in [5, 5.41) is 1.15. The van der Waals surface area contributed by atoms with Crippen molar-refractivity contribution in [2.45, 2.75) is 0 Å². The van der Waals surface area contributed by atoms with Crippen molar-refractivity contribution in [3.8, 4) is 11.5 Å². The molecule has 136 valence electrons. The molecule has 11 heteroatoms. The SMILES string of the molecule is Clc1cc(Cl)c(OCOCOc2c(Cl)cc(Cl)c(Cl)c2Cl)c(Cl)c1Cl. The first-order valence-corrected chi connectivity index (χ1v) is 9.25. The second-order valence-corrected chi connectivity index (χ2v) is 7.46. The van der Waals surface area contributed by atoms with Crippen LogP contribution >= 0.6 is 92.8 Å². The fourth-order valence-corrected chi connectivity index (χ4v) is 3.62. The van der Waals surface area contributed by atoms with E-state index in [1.54, 1.807) is 0 Å². The third kappa shape index (κ3) is 5.19. The number of halogens is 8. The summed E-state index contributed by atoms with van der Waals surface area (Å²) in [5.41, 5.74) is 0. The van der Waals surface area contributed by atoms with Crippen LogP contribution < -0.4 is 9.47 Å². The molecule has 0 N–H and O–H groups in total. The Morgan fingerprint density at radius 3 is 1.24 bits per heavy atom. The smallest absolute Gasteiger partial charge is 0.192 e. The van der Waals surface area contributed by atoms with Gasteiger partial charge in [-0.1, -0.05) is 92.8 Å². The summed E-state index contributed by atoms with van der Waals surface area (Å²) in [6.07, 6.45) is 0. The third-order valence-electron chi connectivity index (χ3n) is 2.72.